The van der Waals surface area contributed by atoms with Crippen molar-refractivity contribution >= 4 is 28.3 Å². The summed E-state index contributed by atoms with van der Waals surface area (Å²) in [6.45, 7) is 2.74. The Morgan fingerprint density at radius 3 is 2.68 bits per heavy atom. The third kappa shape index (κ3) is 2.40. The van der Waals surface area contributed by atoms with Crippen LogP contribution in [0.4, 0.5) is 5.69 Å². The zero-order valence-corrected chi connectivity index (χ0v) is 10.7. The van der Waals surface area contributed by atoms with Gasteiger partial charge in [0.2, 0.25) is 5.91 Å². The average Bonchev–Trinajstić information content (AvgIpc) is 2.39. The standard InChI is InChI=1S/C14H14N2O3/c1-14(2,13(18)19)12(17)16-11-5-3-4-9-6-7-15-8-10(9)11/h3-8H,1-2H3,(H,16,17)(H,18,19). The highest BCUT2D eigenvalue weighted by Crippen LogP contribution is 2.25. The molecular formula is C14H14N2O3. The first-order chi connectivity index (χ1) is 8.93. The summed E-state index contributed by atoms with van der Waals surface area (Å²) in [4.78, 5) is 27.1. The van der Waals surface area contributed by atoms with Crippen LogP contribution in [0.3, 0.4) is 0 Å². The maximum Gasteiger partial charge on any atom is 0.318 e. The molecule has 0 aliphatic rings. The Hall–Kier alpha value is -2.43. The number of carboxylic acids is 1. The topological polar surface area (TPSA) is 79.3 Å². The van der Waals surface area contributed by atoms with Gasteiger partial charge in [-0.1, -0.05) is 12.1 Å². The molecule has 0 spiro atoms. The van der Waals surface area contributed by atoms with Gasteiger partial charge in [-0.2, -0.15) is 0 Å². The van der Waals surface area contributed by atoms with Crippen LogP contribution < -0.4 is 5.32 Å². The minimum atomic E-state index is -1.48. The summed E-state index contributed by atoms with van der Waals surface area (Å²) >= 11 is 0. The van der Waals surface area contributed by atoms with Crippen LogP contribution in [-0.2, 0) is 9.59 Å². The molecule has 1 heterocycles. The molecule has 5 heteroatoms. The number of anilines is 1. The van der Waals surface area contributed by atoms with E-state index >= 15 is 0 Å². The van der Waals surface area contributed by atoms with Crippen LogP contribution >= 0.6 is 0 Å². The summed E-state index contributed by atoms with van der Waals surface area (Å²) in [5, 5.41) is 13.4. The number of pyridine rings is 1. The van der Waals surface area contributed by atoms with Gasteiger partial charge >= 0.3 is 5.97 Å². The van der Waals surface area contributed by atoms with Crippen LogP contribution in [0.1, 0.15) is 13.8 Å². The van der Waals surface area contributed by atoms with Crippen molar-refractivity contribution in [3.05, 3.63) is 36.7 Å². The number of fused-ring (bicyclic) bond motifs is 1. The number of carbonyl (C=O) groups is 2. The number of aliphatic carboxylic acids is 1. The molecule has 0 radical (unpaired) electrons. The summed E-state index contributed by atoms with van der Waals surface area (Å²) in [6.07, 6.45) is 3.30. The molecule has 98 valence electrons. The molecule has 0 atom stereocenters. The Bertz CT molecular complexity index is 645. The number of carbonyl (C=O) groups excluding carboxylic acids is 1. The number of hydrogen-bond donors (Lipinski definition) is 2. The highest BCUT2D eigenvalue weighted by Gasteiger charge is 2.36. The molecule has 1 aromatic heterocycles. The minimum Gasteiger partial charge on any atom is -0.480 e. The second kappa shape index (κ2) is 4.68. The molecule has 0 aliphatic carbocycles. The van der Waals surface area contributed by atoms with E-state index in [1.807, 2.05) is 12.1 Å². The van der Waals surface area contributed by atoms with E-state index in [-0.39, 0.29) is 0 Å². The first-order valence-electron chi connectivity index (χ1n) is 5.80. The fourth-order valence-corrected chi connectivity index (χ4v) is 1.60. The number of nitrogens with one attached hydrogen (secondary N) is 1. The predicted molar refractivity (Wildman–Crippen MR) is 71.8 cm³/mol. The monoisotopic (exact) mass is 258 g/mol. The summed E-state index contributed by atoms with van der Waals surface area (Å²) in [7, 11) is 0. The normalized spacial score (nSPS) is 11.3. The lowest BCUT2D eigenvalue weighted by atomic mass is 9.92. The van der Waals surface area contributed by atoms with Crippen LogP contribution in [0.15, 0.2) is 36.7 Å². The lowest BCUT2D eigenvalue weighted by Crippen LogP contribution is -2.37. The van der Waals surface area contributed by atoms with Crippen molar-refractivity contribution in [2.24, 2.45) is 5.41 Å². The number of hydrogen-bond acceptors (Lipinski definition) is 3. The molecule has 0 fully saturated rings. The molecule has 5 nitrogen and oxygen atoms in total. The van der Waals surface area contributed by atoms with Crippen LogP contribution in [0.25, 0.3) is 10.8 Å². The van der Waals surface area contributed by atoms with Crippen molar-refractivity contribution in [2.45, 2.75) is 13.8 Å². The van der Waals surface area contributed by atoms with Crippen molar-refractivity contribution in [1.29, 1.82) is 0 Å². The largest absolute Gasteiger partial charge is 0.480 e. The third-order valence-electron chi connectivity index (χ3n) is 3.03. The van der Waals surface area contributed by atoms with Crippen molar-refractivity contribution < 1.29 is 14.7 Å². The van der Waals surface area contributed by atoms with Crippen LogP contribution in [-0.4, -0.2) is 22.0 Å². The first-order valence-corrected chi connectivity index (χ1v) is 5.80. The van der Waals surface area contributed by atoms with E-state index in [1.165, 1.54) is 13.8 Å². The van der Waals surface area contributed by atoms with E-state index in [1.54, 1.807) is 24.5 Å². The Morgan fingerprint density at radius 1 is 1.26 bits per heavy atom. The Balaban J connectivity index is 2.37. The lowest BCUT2D eigenvalue weighted by Gasteiger charge is -2.19. The fourth-order valence-electron chi connectivity index (χ4n) is 1.60. The SMILES string of the molecule is CC(C)(C(=O)O)C(=O)Nc1cccc2ccncc12. The number of aromatic nitrogens is 1. The number of rotatable bonds is 3. The summed E-state index contributed by atoms with van der Waals surface area (Å²) in [5.41, 5.74) is -0.922. The van der Waals surface area contributed by atoms with Gasteiger partial charge < -0.3 is 10.4 Å². The van der Waals surface area contributed by atoms with Crippen molar-refractivity contribution in [2.75, 3.05) is 5.32 Å². The quantitative estimate of drug-likeness (QED) is 0.828. The maximum absolute atomic E-state index is 12.0. The van der Waals surface area contributed by atoms with E-state index in [2.05, 4.69) is 10.3 Å². The molecule has 2 N–H and O–H groups in total. The van der Waals surface area contributed by atoms with Gasteiger partial charge in [-0.3, -0.25) is 14.6 Å². The van der Waals surface area contributed by atoms with E-state index < -0.39 is 17.3 Å². The molecule has 0 saturated carbocycles. The maximum atomic E-state index is 12.0. The van der Waals surface area contributed by atoms with Gasteiger partial charge in [-0.25, -0.2) is 0 Å². The molecule has 1 aromatic carbocycles. The van der Waals surface area contributed by atoms with Gasteiger partial charge in [-0.15, -0.1) is 0 Å². The molecule has 0 aliphatic heterocycles. The van der Waals surface area contributed by atoms with E-state index in [4.69, 9.17) is 5.11 Å². The minimum absolute atomic E-state index is 0.559. The van der Waals surface area contributed by atoms with E-state index in [0.29, 0.717) is 5.69 Å². The second-order valence-electron chi connectivity index (χ2n) is 4.79. The molecule has 19 heavy (non-hydrogen) atoms. The van der Waals surface area contributed by atoms with Crippen LogP contribution in [0.5, 0.6) is 0 Å². The molecule has 1 amide bonds. The summed E-state index contributed by atoms with van der Waals surface area (Å²) < 4.78 is 0. The molecule has 0 bridgehead atoms. The van der Waals surface area contributed by atoms with Gasteiger partial charge in [0, 0.05) is 17.8 Å². The van der Waals surface area contributed by atoms with Crippen molar-refractivity contribution in [3.8, 4) is 0 Å². The summed E-state index contributed by atoms with van der Waals surface area (Å²) in [5.74, 6) is -1.72. The van der Waals surface area contributed by atoms with Gasteiger partial charge in [0.15, 0.2) is 0 Å². The highest BCUT2D eigenvalue weighted by molar-refractivity contribution is 6.10. The van der Waals surface area contributed by atoms with E-state index in [0.717, 1.165) is 10.8 Å². The van der Waals surface area contributed by atoms with Gasteiger partial charge in [0.1, 0.15) is 5.41 Å². The molecule has 0 saturated heterocycles. The Kier molecular flexibility index (Phi) is 3.21. The number of benzene rings is 1. The molecule has 2 aromatic rings. The van der Waals surface area contributed by atoms with Gasteiger partial charge in [-0.05, 0) is 31.4 Å². The van der Waals surface area contributed by atoms with Gasteiger partial charge in [0.05, 0.1) is 5.69 Å². The predicted octanol–water partition coefficient (Wildman–Crippen LogP) is 2.28. The van der Waals surface area contributed by atoms with E-state index in [9.17, 15) is 9.59 Å². The lowest BCUT2D eigenvalue weighted by molar-refractivity contribution is -0.151. The molecule has 2 rings (SSSR count). The smallest absolute Gasteiger partial charge is 0.318 e. The Labute approximate surface area is 110 Å². The van der Waals surface area contributed by atoms with Gasteiger partial charge in [0.25, 0.3) is 0 Å². The number of nitrogens with zero attached hydrogens (tertiary/aromatic N) is 1. The van der Waals surface area contributed by atoms with Crippen molar-refractivity contribution in [1.82, 2.24) is 4.98 Å². The first kappa shape index (κ1) is 13.0. The van der Waals surface area contributed by atoms with Crippen LogP contribution in [0, 0.1) is 5.41 Å². The molecule has 0 unspecified atom stereocenters. The second-order valence-corrected chi connectivity index (χ2v) is 4.79. The van der Waals surface area contributed by atoms with Crippen LogP contribution in [0.2, 0.25) is 0 Å². The third-order valence-corrected chi connectivity index (χ3v) is 3.03. The Morgan fingerprint density at radius 2 is 2.00 bits per heavy atom. The molecular weight excluding hydrogens is 244 g/mol. The number of carboxylic acid groups (broad SMARTS) is 1. The fraction of sp³-hybridized carbons (Fsp3) is 0.214. The zero-order chi connectivity index (χ0) is 14.0. The highest BCUT2D eigenvalue weighted by atomic mass is 16.4. The zero-order valence-electron chi connectivity index (χ0n) is 10.7. The average molecular weight is 258 g/mol. The summed E-state index contributed by atoms with van der Waals surface area (Å²) in [6, 6.07) is 7.24. The van der Waals surface area contributed by atoms with Crippen molar-refractivity contribution in [3.63, 3.8) is 0 Å². The number of amides is 1.